The lowest BCUT2D eigenvalue weighted by molar-refractivity contribution is 0.145. The molecule has 9 heteroatoms. The standard InChI is InChI=1S/C21H23N5O3S/c27-17-5-7-26(8-6-17)21-19-10-14(1-4-20(19)23-13-24-21)15-9-16(12-22-11-15)25-30(28,29)18-2-3-18/h1,4,9-13,17-18,25,27H,2-3,5-8H2. The van der Waals surface area contributed by atoms with Crippen LogP contribution in [0.25, 0.3) is 22.0 Å². The molecular formula is C21H23N5O3S. The number of piperidine rings is 1. The molecule has 2 fully saturated rings. The third kappa shape index (κ3) is 3.82. The number of nitrogens with one attached hydrogen (secondary N) is 1. The number of fused-ring (bicyclic) bond motifs is 1. The van der Waals surface area contributed by atoms with Gasteiger partial charge in [0.15, 0.2) is 0 Å². The van der Waals surface area contributed by atoms with Crippen molar-refractivity contribution in [2.75, 3.05) is 22.7 Å². The van der Waals surface area contributed by atoms with Crippen molar-refractivity contribution in [2.24, 2.45) is 0 Å². The fourth-order valence-electron chi connectivity index (χ4n) is 3.83. The van der Waals surface area contributed by atoms with Crippen molar-refractivity contribution in [1.82, 2.24) is 15.0 Å². The summed E-state index contributed by atoms with van der Waals surface area (Å²) in [6, 6.07) is 7.71. The van der Waals surface area contributed by atoms with Gasteiger partial charge in [0.25, 0.3) is 0 Å². The Labute approximate surface area is 175 Å². The number of aromatic nitrogens is 3. The van der Waals surface area contributed by atoms with Crippen LogP contribution in [0.3, 0.4) is 0 Å². The highest BCUT2D eigenvalue weighted by atomic mass is 32.2. The van der Waals surface area contributed by atoms with Gasteiger partial charge in [-0.25, -0.2) is 18.4 Å². The van der Waals surface area contributed by atoms with Crippen molar-refractivity contribution in [2.45, 2.75) is 37.0 Å². The zero-order valence-corrected chi connectivity index (χ0v) is 17.2. The van der Waals surface area contributed by atoms with Crippen LogP contribution in [0.5, 0.6) is 0 Å². The predicted molar refractivity (Wildman–Crippen MR) is 116 cm³/mol. The molecule has 0 bridgehead atoms. The van der Waals surface area contributed by atoms with E-state index in [0.717, 1.165) is 53.8 Å². The smallest absolute Gasteiger partial charge is 0.235 e. The molecule has 30 heavy (non-hydrogen) atoms. The summed E-state index contributed by atoms with van der Waals surface area (Å²) in [5.74, 6) is 0.854. The predicted octanol–water partition coefficient (Wildman–Crippen LogP) is 2.56. The number of nitrogens with zero attached hydrogens (tertiary/aromatic N) is 4. The second-order valence-corrected chi connectivity index (χ2v) is 9.92. The molecule has 2 N–H and O–H groups in total. The van der Waals surface area contributed by atoms with Crippen molar-refractivity contribution < 1.29 is 13.5 Å². The Morgan fingerprint density at radius 2 is 1.80 bits per heavy atom. The van der Waals surface area contributed by atoms with Gasteiger partial charge in [0.1, 0.15) is 12.1 Å². The van der Waals surface area contributed by atoms with Crippen LogP contribution in [0.2, 0.25) is 0 Å². The first-order valence-corrected chi connectivity index (χ1v) is 11.7. The summed E-state index contributed by atoms with van der Waals surface area (Å²) in [7, 11) is -3.34. The number of benzene rings is 1. The van der Waals surface area contributed by atoms with Crippen LogP contribution in [0, 0.1) is 0 Å². The number of aliphatic hydroxyl groups is 1. The minimum atomic E-state index is -3.34. The largest absolute Gasteiger partial charge is 0.393 e. The zero-order valence-electron chi connectivity index (χ0n) is 16.4. The Morgan fingerprint density at radius 1 is 1.00 bits per heavy atom. The number of hydrogen-bond acceptors (Lipinski definition) is 7. The summed E-state index contributed by atoms with van der Waals surface area (Å²) < 4.78 is 27.1. The molecular weight excluding hydrogens is 402 g/mol. The molecule has 2 aliphatic rings. The van der Waals surface area contributed by atoms with Crippen LogP contribution in [-0.2, 0) is 10.0 Å². The van der Waals surface area contributed by atoms with E-state index in [4.69, 9.17) is 0 Å². The second-order valence-electron chi connectivity index (χ2n) is 7.96. The van der Waals surface area contributed by atoms with Gasteiger partial charge in [0.05, 0.1) is 28.8 Å². The van der Waals surface area contributed by atoms with Gasteiger partial charge in [0, 0.05) is 30.2 Å². The lowest BCUT2D eigenvalue weighted by Crippen LogP contribution is -2.36. The van der Waals surface area contributed by atoms with Crippen molar-refractivity contribution in [3.63, 3.8) is 0 Å². The average molecular weight is 426 g/mol. The van der Waals surface area contributed by atoms with Crippen LogP contribution in [0.4, 0.5) is 11.5 Å². The van der Waals surface area contributed by atoms with E-state index < -0.39 is 10.0 Å². The summed E-state index contributed by atoms with van der Waals surface area (Å²) in [5, 5.41) is 10.4. The number of pyridine rings is 1. The van der Waals surface area contributed by atoms with Crippen molar-refractivity contribution in [3.05, 3.63) is 43.0 Å². The molecule has 8 nitrogen and oxygen atoms in total. The van der Waals surface area contributed by atoms with Gasteiger partial charge in [-0.15, -0.1) is 0 Å². The Bertz CT molecular complexity index is 1190. The average Bonchev–Trinajstić information content (AvgIpc) is 3.60. The van der Waals surface area contributed by atoms with Crippen LogP contribution in [-0.4, -0.2) is 52.9 Å². The van der Waals surface area contributed by atoms with E-state index >= 15 is 0 Å². The molecule has 0 spiro atoms. The Kier molecular flexibility index (Phi) is 4.79. The quantitative estimate of drug-likeness (QED) is 0.647. The highest BCUT2D eigenvalue weighted by molar-refractivity contribution is 7.93. The fourth-order valence-corrected chi connectivity index (χ4v) is 5.20. The van der Waals surface area contributed by atoms with Gasteiger partial charge in [0.2, 0.25) is 10.0 Å². The van der Waals surface area contributed by atoms with Crippen molar-refractivity contribution in [1.29, 1.82) is 0 Å². The monoisotopic (exact) mass is 425 g/mol. The zero-order chi connectivity index (χ0) is 20.7. The van der Waals surface area contributed by atoms with E-state index in [1.807, 2.05) is 18.2 Å². The molecule has 3 aromatic rings. The molecule has 3 heterocycles. The first-order chi connectivity index (χ1) is 14.5. The molecule has 1 aliphatic carbocycles. The summed E-state index contributed by atoms with van der Waals surface area (Å²) in [6.07, 6.45) is 7.42. The van der Waals surface area contributed by atoms with Crippen LogP contribution < -0.4 is 9.62 Å². The van der Waals surface area contributed by atoms with E-state index in [-0.39, 0.29) is 11.4 Å². The van der Waals surface area contributed by atoms with Gasteiger partial charge in [-0.3, -0.25) is 9.71 Å². The summed E-state index contributed by atoms with van der Waals surface area (Å²) in [6.45, 7) is 1.50. The maximum atomic E-state index is 12.2. The Hall–Kier alpha value is -2.78. The maximum Gasteiger partial charge on any atom is 0.235 e. The first kappa shape index (κ1) is 19.2. The van der Waals surface area contributed by atoms with Crippen molar-refractivity contribution >= 4 is 32.4 Å². The summed E-state index contributed by atoms with van der Waals surface area (Å²) >= 11 is 0. The molecule has 0 unspecified atom stereocenters. The third-order valence-corrected chi connectivity index (χ3v) is 7.54. The van der Waals surface area contributed by atoms with Crippen LogP contribution >= 0.6 is 0 Å². The number of rotatable bonds is 5. The normalized spacial score (nSPS) is 18.0. The van der Waals surface area contributed by atoms with E-state index in [1.165, 1.54) is 6.20 Å². The van der Waals surface area contributed by atoms with Gasteiger partial charge < -0.3 is 10.0 Å². The molecule has 5 rings (SSSR count). The summed E-state index contributed by atoms with van der Waals surface area (Å²) in [4.78, 5) is 15.3. The molecule has 0 amide bonds. The maximum absolute atomic E-state index is 12.2. The molecule has 1 aromatic carbocycles. The molecule has 0 atom stereocenters. The number of hydrogen-bond donors (Lipinski definition) is 2. The SMILES string of the molecule is O=S(=O)(Nc1cncc(-c2ccc3ncnc(N4CCC(O)CC4)c3c2)c1)C1CC1. The lowest BCUT2D eigenvalue weighted by Gasteiger charge is -2.31. The molecule has 1 aliphatic heterocycles. The van der Waals surface area contributed by atoms with Gasteiger partial charge >= 0.3 is 0 Å². The van der Waals surface area contributed by atoms with E-state index in [1.54, 1.807) is 18.6 Å². The Morgan fingerprint density at radius 3 is 2.57 bits per heavy atom. The number of aliphatic hydroxyl groups excluding tert-OH is 1. The Balaban J connectivity index is 1.49. The second kappa shape index (κ2) is 7.48. The minimum Gasteiger partial charge on any atom is -0.393 e. The van der Waals surface area contributed by atoms with Crippen molar-refractivity contribution in [3.8, 4) is 11.1 Å². The molecule has 1 saturated heterocycles. The van der Waals surface area contributed by atoms with Gasteiger partial charge in [-0.1, -0.05) is 6.07 Å². The van der Waals surface area contributed by atoms with E-state index in [9.17, 15) is 13.5 Å². The molecule has 156 valence electrons. The topological polar surface area (TPSA) is 108 Å². The third-order valence-electron chi connectivity index (χ3n) is 5.67. The van der Waals surface area contributed by atoms with E-state index in [2.05, 4.69) is 24.6 Å². The first-order valence-electron chi connectivity index (χ1n) is 10.1. The molecule has 2 aromatic heterocycles. The highest BCUT2D eigenvalue weighted by Crippen LogP contribution is 2.32. The molecule has 1 saturated carbocycles. The van der Waals surface area contributed by atoms with Gasteiger partial charge in [-0.05, 0) is 49.4 Å². The fraction of sp³-hybridized carbons (Fsp3) is 0.381. The number of anilines is 2. The van der Waals surface area contributed by atoms with E-state index in [0.29, 0.717) is 18.5 Å². The number of sulfonamides is 1. The highest BCUT2D eigenvalue weighted by Gasteiger charge is 2.35. The van der Waals surface area contributed by atoms with Crippen LogP contribution in [0.1, 0.15) is 25.7 Å². The van der Waals surface area contributed by atoms with Gasteiger partial charge in [-0.2, -0.15) is 0 Å². The van der Waals surface area contributed by atoms with Crippen LogP contribution in [0.15, 0.2) is 43.0 Å². The minimum absolute atomic E-state index is 0.252. The summed E-state index contributed by atoms with van der Waals surface area (Å²) in [5.41, 5.74) is 3.04. The lowest BCUT2D eigenvalue weighted by atomic mass is 10.0. The molecule has 0 radical (unpaired) electrons.